The van der Waals surface area contributed by atoms with Gasteiger partial charge in [-0.1, -0.05) is 28.1 Å². The van der Waals surface area contributed by atoms with Gasteiger partial charge in [0.05, 0.1) is 11.6 Å². The first kappa shape index (κ1) is 13.6. The van der Waals surface area contributed by atoms with E-state index in [1.54, 1.807) is 6.07 Å². The number of hydrogen-bond donors (Lipinski definition) is 0. The van der Waals surface area contributed by atoms with Gasteiger partial charge in [-0.05, 0) is 41.5 Å². The van der Waals surface area contributed by atoms with Crippen molar-refractivity contribution in [2.45, 2.75) is 11.9 Å². The molecule has 0 saturated carbocycles. The zero-order chi connectivity index (χ0) is 13.7. The highest BCUT2D eigenvalue weighted by Crippen LogP contribution is 2.17. The van der Waals surface area contributed by atoms with E-state index in [0.29, 0.717) is 11.1 Å². The van der Waals surface area contributed by atoms with Crippen LogP contribution < -0.4 is 4.74 Å². The molecule has 19 heavy (non-hydrogen) atoms. The zero-order valence-corrected chi connectivity index (χ0v) is 11.7. The third kappa shape index (κ3) is 3.80. The van der Waals surface area contributed by atoms with Gasteiger partial charge >= 0.3 is 0 Å². The van der Waals surface area contributed by atoms with Crippen LogP contribution in [0.3, 0.4) is 0 Å². The monoisotopic (exact) mass is 319 g/mol. The van der Waals surface area contributed by atoms with E-state index >= 15 is 0 Å². The second-order valence-electron chi connectivity index (χ2n) is 4.03. The minimum absolute atomic E-state index is 0.234. The first-order valence-electron chi connectivity index (χ1n) is 5.68. The Morgan fingerprint density at radius 3 is 2.74 bits per heavy atom. The molecule has 0 radical (unpaired) electrons. The molecule has 0 unspecified atom stereocenters. The fourth-order valence-electron chi connectivity index (χ4n) is 1.68. The maximum absolute atomic E-state index is 13.2. The molecular weight excluding hydrogens is 309 g/mol. The van der Waals surface area contributed by atoms with Crippen LogP contribution in [0.5, 0.6) is 5.75 Å². The van der Waals surface area contributed by atoms with E-state index in [9.17, 15) is 4.39 Å². The van der Waals surface area contributed by atoms with Crippen LogP contribution in [-0.4, -0.2) is 0 Å². The van der Waals surface area contributed by atoms with Crippen LogP contribution in [0.15, 0.2) is 42.5 Å². The minimum atomic E-state index is -0.424. The summed E-state index contributed by atoms with van der Waals surface area (Å²) >= 11 is 3.37. The molecule has 0 N–H and O–H groups in total. The molecule has 96 valence electrons. The Morgan fingerprint density at radius 1 is 1.16 bits per heavy atom. The Morgan fingerprint density at radius 2 is 2.00 bits per heavy atom. The number of hydrogen-bond acceptors (Lipinski definition) is 2. The average molecular weight is 320 g/mol. The van der Waals surface area contributed by atoms with Gasteiger partial charge in [0, 0.05) is 5.33 Å². The van der Waals surface area contributed by atoms with Crippen molar-refractivity contribution >= 4 is 15.9 Å². The molecule has 0 aromatic heterocycles. The molecule has 0 aliphatic carbocycles. The molecule has 0 atom stereocenters. The van der Waals surface area contributed by atoms with E-state index in [1.165, 1.54) is 12.1 Å². The molecule has 2 aromatic carbocycles. The highest BCUT2D eigenvalue weighted by atomic mass is 79.9. The van der Waals surface area contributed by atoms with E-state index < -0.39 is 5.82 Å². The molecule has 4 heteroatoms. The molecular formula is C15H11BrFNO. The Hall–Kier alpha value is -1.86. The fraction of sp³-hybridized carbons (Fsp3) is 0.133. The van der Waals surface area contributed by atoms with Gasteiger partial charge in [-0.15, -0.1) is 0 Å². The van der Waals surface area contributed by atoms with Crippen LogP contribution in [0, 0.1) is 17.1 Å². The highest BCUT2D eigenvalue weighted by Gasteiger charge is 2.02. The second kappa shape index (κ2) is 6.35. The summed E-state index contributed by atoms with van der Waals surface area (Å²) < 4.78 is 18.8. The molecule has 0 spiro atoms. The Balaban J connectivity index is 2.10. The SMILES string of the molecule is N#Cc1cc(F)cc(COc2cccc(CBr)c2)c1. The molecule has 2 nitrogen and oxygen atoms in total. The summed E-state index contributed by atoms with van der Waals surface area (Å²) in [6.07, 6.45) is 0. The Bertz CT molecular complexity index is 622. The van der Waals surface area contributed by atoms with Crippen molar-refractivity contribution in [1.29, 1.82) is 5.26 Å². The number of alkyl halides is 1. The number of ether oxygens (including phenoxy) is 1. The van der Waals surface area contributed by atoms with E-state index in [-0.39, 0.29) is 6.61 Å². The molecule has 0 heterocycles. The molecule has 0 aliphatic heterocycles. The van der Waals surface area contributed by atoms with Crippen molar-refractivity contribution in [3.8, 4) is 11.8 Å². The van der Waals surface area contributed by atoms with E-state index in [1.807, 2.05) is 30.3 Å². The zero-order valence-electron chi connectivity index (χ0n) is 10.1. The third-order valence-corrected chi connectivity index (χ3v) is 3.19. The van der Waals surface area contributed by atoms with Crippen LogP contribution >= 0.6 is 15.9 Å². The topological polar surface area (TPSA) is 33.0 Å². The smallest absolute Gasteiger partial charge is 0.124 e. The molecule has 2 aromatic rings. The number of nitrogens with zero attached hydrogens (tertiary/aromatic N) is 1. The molecule has 0 bridgehead atoms. The summed E-state index contributed by atoms with van der Waals surface area (Å²) in [6.45, 7) is 0.234. The van der Waals surface area contributed by atoms with Crippen molar-refractivity contribution in [3.05, 3.63) is 65.0 Å². The van der Waals surface area contributed by atoms with E-state index in [2.05, 4.69) is 15.9 Å². The summed E-state index contributed by atoms with van der Waals surface area (Å²) in [5.41, 5.74) is 2.04. The summed E-state index contributed by atoms with van der Waals surface area (Å²) in [6, 6.07) is 13.8. The maximum atomic E-state index is 13.2. The molecule has 0 fully saturated rings. The average Bonchev–Trinajstić information content (AvgIpc) is 2.44. The largest absolute Gasteiger partial charge is 0.489 e. The molecule has 0 saturated heterocycles. The number of nitriles is 1. The molecule has 0 aliphatic rings. The maximum Gasteiger partial charge on any atom is 0.124 e. The van der Waals surface area contributed by atoms with Gasteiger partial charge in [-0.2, -0.15) is 5.26 Å². The van der Waals surface area contributed by atoms with Crippen LogP contribution in [0.2, 0.25) is 0 Å². The van der Waals surface area contributed by atoms with Crippen molar-refractivity contribution in [1.82, 2.24) is 0 Å². The van der Waals surface area contributed by atoms with Crippen LogP contribution in [0.4, 0.5) is 4.39 Å². The Labute approximate surface area is 119 Å². The standard InChI is InChI=1S/C15H11BrFNO/c16-8-11-2-1-3-15(7-11)19-10-13-4-12(9-18)5-14(17)6-13/h1-7H,8,10H2. The number of halogens is 2. The predicted molar refractivity (Wildman–Crippen MR) is 74.5 cm³/mol. The van der Waals surface area contributed by atoms with Crippen molar-refractivity contribution < 1.29 is 9.13 Å². The first-order valence-corrected chi connectivity index (χ1v) is 6.80. The predicted octanol–water partition coefficient (Wildman–Crippen LogP) is 4.17. The van der Waals surface area contributed by atoms with Gasteiger partial charge in [-0.3, -0.25) is 0 Å². The lowest BCUT2D eigenvalue weighted by molar-refractivity contribution is 0.305. The van der Waals surface area contributed by atoms with Crippen LogP contribution in [-0.2, 0) is 11.9 Å². The highest BCUT2D eigenvalue weighted by molar-refractivity contribution is 9.08. The molecule has 0 amide bonds. The molecule has 2 rings (SSSR count). The Kier molecular flexibility index (Phi) is 4.53. The van der Waals surface area contributed by atoms with Crippen LogP contribution in [0.25, 0.3) is 0 Å². The lowest BCUT2D eigenvalue weighted by atomic mass is 10.1. The number of rotatable bonds is 4. The van der Waals surface area contributed by atoms with Crippen molar-refractivity contribution in [3.63, 3.8) is 0 Å². The summed E-state index contributed by atoms with van der Waals surface area (Å²) in [7, 11) is 0. The quantitative estimate of drug-likeness (QED) is 0.792. The fourth-order valence-corrected chi connectivity index (χ4v) is 2.03. The second-order valence-corrected chi connectivity index (χ2v) is 4.59. The van der Waals surface area contributed by atoms with Crippen LogP contribution in [0.1, 0.15) is 16.7 Å². The summed E-state index contributed by atoms with van der Waals surface area (Å²) in [5.74, 6) is 0.298. The van der Waals surface area contributed by atoms with Gasteiger partial charge in [0.1, 0.15) is 18.2 Å². The minimum Gasteiger partial charge on any atom is -0.489 e. The lowest BCUT2D eigenvalue weighted by Crippen LogP contribution is -1.97. The van der Waals surface area contributed by atoms with E-state index in [0.717, 1.165) is 16.6 Å². The van der Waals surface area contributed by atoms with Crippen molar-refractivity contribution in [2.75, 3.05) is 0 Å². The van der Waals surface area contributed by atoms with Gasteiger partial charge in [0.25, 0.3) is 0 Å². The first-order chi connectivity index (χ1) is 9.21. The third-order valence-electron chi connectivity index (χ3n) is 2.54. The number of benzene rings is 2. The normalized spacial score (nSPS) is 9.95. The lowest BCUT2D eigenvalue weighted by Gasteiger charge is -2.08. The van der Waals surface area contributed by atoms with Gasteiger partial charge in [-0.25, -0.2) is 4.39 Å². The summed E-state index contributed by atoms with van der Waals surface area (Å²) in [5, 5.41) is 9.53. The summed E-state index contributed by atoms with van der Waals surface area (Å²) in [4.78, 5) is 0. The van der Waals surface area contributed by atoms with Crippen molar-refractivity contribution in [2.24, 2.45) is 0 Å². The van der Waals surface area contributed by atoms with Gasteiger partial charge in [0.2, 0.25) is 0 Å². The van der Waals surface area contributed by atoms with Gasteiger partial charge in [0.15, 0.2) is 0 Å². The van der Waals surface area contributed by atoms with E-state index in [4.69, 9.17) is 10.00 Å². The van der Waals surface area contributed by atoms with Gasteiger partial charge < -0.3 is 4.74 Å².